The maximum Gasteiger partial charge on any atom is 0.224 e. The van der Waals surface area contributed by atoms with Crippen LogP contribution in [0.1, 0.15) is 12.8 Å². The van der Waals surface area contributed by atoms with Crippen LogP contribution in [0.5, 0.6) is 0 Å². The Hall–Kier alpha value is -1.76. The number of amides is 1. The van der Waals surface area contributed by atoms with Gasteiger partial charge in [0.1, 0.15) is 4.60 Å². The number of hydrogen-bond acceptors (Lipinski definition) is 3. The van der Waals surface area contributed by atoms with Gasteiger partial charge in [0.15, 0.2) is 5.82 Å². The number of pyridine rings is 1. The van der Waals surface area contributed by atoms with E-state index >= 15 is 0 Å². The van der Waals surface area contributed by atoms with Crippen molar-refractivity contribution in [2.45, 2.75) is 19.4 Å². The van der Waals surface area contributed by atoms with Crippen molar-refractivity contribution in [3.63, 3.8) is 0 Å². The first-order chi connectivity index (χ1) is 9.15. The summed E-state index contributed by atoms with van der Waals surface area (Å²) in [6.45, 7) is 0.656. The predicted octanol–water partition coefficient (Wildman–Crippen LogP) is 2.60. The van der Waals surface area contributed by atoms with Crippen LogP contribution < -0.4 is 5.32 Å². The van der Waals surface area contributed by atoms with Gasteiger partial charge >= 0.3 is 0 Å². The van der Waals surface area contributed by atoms with Crippen LogP contribution in [0.4, 0.5) is 10.1 Å². The van der Waals surface area contributed by atoms with Crippen LogP contribution in [0.3, 0.4) is 0 Å². The number of carbonyl (C=O) groups is 1. The molecular formula is C12H12BrFN4O. The first-order valence-corrected chi connectivity index (χ1v) is 6.53. The Morgan fingerprint density at radius 2 is 2.37 bits per heavy atom. The molecular weight excluding hydrogens is 315 g/mol. The SMILES string of the molecule is O=C(CCCn1cccn1)Nc1cc(Br)ncc1F. The quantitative estimate of drug-likeness (QED) is 0.859. The van der Waals surface area contributed by atoms with Gasteiger partial charge < -0.3 is 5.32 Å². The highest BCUT2D eigenvalue weighted by molar-refractivity contribution is 9.10. The maximum absolute atomic E-state index is 13.4. The number of hydrogen-bond donors (Lipinski definition) is 1. The number of aromatic nitrogens is 3. The van der Waals surface area contributed by atoms with E-state index in [1.807, 2.05) is 12.3 Å². The Labute approximate surface area is 118 Å². The van der Waals surface area contributed by atoms with Gasteiger partial charge in [-0.05, 0) is 34.5 Å². The molecule has 0 spiro atoms. The molecule has 0 aliphatic heterocycles. The van der Waals surface area contributed by atoms with E-state index in [1.54, 1.807) is 10.9 Å². The fourth-order valence-corrected chi connectivity index (χ4v) is 1.89. The Morgan fingerprint density at radius 3 is 3.11 bits per heavy atom. The smallest absolute Gasteiger partial charge is 0.224 e. The van der Waals surface area contributed by atoms with E-state index in [0.717, 1.165) is 6.20 Å². The van der Waals surface area contributed by atoms with Crippen molar-refractivity contribution in [1.82, 2.24) is 14.8 Å². The lowest BCUT2D eigenvalue weighted by molar-refractivity contribution is -0.116. The summed E-state index contributed by atoms with van der Waals surface area (Å²) in [6.07, 6.45) is 5.52. The second-order valence-corrected chi connectivity index (χ2v) is 4.72. The van der Waals surface area contributed by atoms with E-state index in [-0.39, 0.29) is 11.6 Å². The van der Waals surface area contributed by atoms with Gasteiger partial charge in [-0.15, -0.1) is 0 Å². The highest BCUT2D eigenvalue weighted by atomic mass is 79.9. The van der Waals surface area contributed by atoms with Gasteiger partial charge in [-0.3, -0.25) is 9.48 Å². The number of carbonyl (C=O) groups excluding carboxylic acids is 1. The zero-order valence-corrected chi connectivity index (χ0v) is 11.6. The summed E-state index contributed by atoms with van der Waals surface area (Å²) >= 11 is 3.12. The Kier molecular flexibility index (Phi) is 4.62. The molecule has 1 amide bonds. The molecule has 0 atom stereocenters. The van der Waals surface area contributed by atoms with Crippen LogP contribution >= 0.6 is 15.9 Å². The van der Waals surface area contributed by atoms with Gasteiger partial charge in [-0.25, -0.2) is 9.37 Å². The predicted molar refractivity (Wildman–Crippen MR) is 72.0 cm³/mol. The van der Waals surface area contributed by atoms with Crippen LogP contribution in [-0.4, -0.2) is 20.7 Å². The van der Waals surface area contributed by atoms with Crippen LogP contribution in [0.2, 0.25) is 0 Å². The van der Waals surface area contributed by atoms with E-state index in [9.17, 15) is 9.18 Å². The second kappa shape index (κ2) is 6.42. The molecule has 2 rings (SSSR count). The Balaban J connectivity index is 1.82. The normalized spacial score (nSPS) is 10.4. The van der Waals surface area contributed by atoms with Crippen LogP contribution in [-0.2, 0) is 11.3 Å². The van der Waals surface area contributed by atoms with Crippen molar-refractivity contribution >= 4 is 27.5 Å². The summed E-state index contributed by atoms with van der Waals surface area (Å²) in [4.78, 5) is 15.4. The van der Waals surface area contributed by atoms with Gasteiger partial charge in [-0.2, -0.15) is 5.10 Å². The van der Waals surface area contributed by atoms with Gasteiger partial charge in [0, 0.05) is 25.4 Å². The molecule has 0 fully saturated rings. The van der Waals surface area contributed by atoms with Crippen molar-refractivity contribution in [2.75, 3.05) is 5.32 Å². The standard InChI is InChI=1S/C12H12BrFN4O/c13-11-7-10(9(14)8-15-11)17-12(19)3-1-5-18-6-2-4-16-18/h2,4,6-8H,1,3,5H2,(H,15,17,19). The van der Waals surface area contributed by atoms with E-state index in [1.165, 1.54) is 6.07 Å². The van der Waals surface area contributed by atoms with Crippen molar-refractivity contribution in [1.29, 1.82) is 0 Å². The van der Waals surface area contributed by atoms with Gasteiger partial charge in [0.25, 0.3) is 0 Å². The van der Waals surface area contributed by atoms with Crippen LogP contribution in [0.15, 0.2) is 35.3 Å². The molecule has 5 nitrogen and oxygen atoms in total. The second-order valence-electron chi connectivity index (χ2n) is 3.91. The summed E-state index contributed by atoms with van der Waals surface area (Å²) < 4.78 is 15.6. The first kappa shape index (κ1) is 13.7. The average molecular weight is 327 g/mol. The summed E-state index contributed by atoms with van der Waals surface area (Å²) in [6, 6.07) is 3.25. The molecule has 0 bridgehead atoms. The van der Waals surface area contributed by atoms with E-state index in [0.29, 0.717) is 24.0 Å². The number of aryl methyl sites for hydroxylation is 1. The molecule has 0 aliphatic rings. The zero-order chi connectivity index (χ0) is 13.7. The summed E-state index contributed by atoms with van der Waals surface area (Å²) in [7, 11) is 0. The third-order valence-corrected chi connectivity index (χ3v) is 2.88. The summed E-state index contributed by atoms with van der Waals surface area (Å²) in [5.74, 6) is -0.784. The maximum atomic E-state index is 13.4. The third kappa shape index (κ3) is 4.13. The van der Waals surface area contributed by atoms with Crippen LogP contribution in [0, 0.1) is 5.82 Å². The molecule has 0 saturated heterocycles. The zero-order valence-electron chi connectivity index (χ0n) is 10.0. The van der Waals surface area contributed by atoms with Crippen molar-refractivity contribution in [3.05, 3.63) is 41.1 Å². The van der Waals surface area contributed by atoms with E-state index in [4.69, 9.17) is 0 Å². The lowest BCUT2D eigenvalue weighted by Crippen LogP contribution is -2.13. The third-order valence-electron chi connectivity index (χ3n) is 2.45. The van der Waals surface area contributed by atoms with E-state index in [2.05, 4.69) is 31.3 Å². The van der Waals surface area contributed by atoms with Crippen molar-refractivity contribution in [2.24, 2.45) is 0 Å². The number of halogens is 2. The highest BCUT2D eigenvalue weighted by Crippen LogP contribution is 2.17. The number of nitrogens with zero attached hydrogens (tertiary/aromatic N) is 3. The molecule has 1 N–H and O–H groups in total. The van der Waals surface area contributed by atoms with Crippen LogP contribution in [0.25, 0.3) is 0 Å². The Bertz CT molecular complexity index is 559. The monoisotopic (exact) mass is 326 g/mol. The van der Waals surface area contributed by atoms with Gasteiger partial charge in [0.2, 0.25) is 5.91 Å². The molecule has 100 valence electrons. The summed E-state index contributed by atoms with van der Waals surface area (Å²) in [5, 5.41) is 6.55. The number of nitrogens with one attached hydrogen (secondary N) is 1. The minimum Gasteiger partial charge on any atom is -0.323 e. The lowest BCUT2D eigenvalue weighted by Gasteiger charge is -2.06. The summed E-state index contributed by atoms with van der Waals surface area (Å²) in [5.41, 5.74) is 0.131. The molecule has 2 heterocycles. The minimum atomic E-state index is -0.552. The molecule has 19 heavy (non-hydrogen) atoms. The highest BCUT2D eigenvalue weighted by Gasteiger charge is 2.08. The van der Waals surface area contributed by atoms with Crippen molar-refractivity contribution < 1.29 is 9.18 Å². The minimum absolute atomic E-state index is 0.131. The van der Waals surface area contributed by atoms with Gasteiger partial charge in [-0.1, -0.05) is 0 Å². The molecule has 0 unspecified atom stereocenters. The average Bonchev–Trinajstić information content (AvgIpc) is 2.87. The van der Waals surface area contributed by atoms with E-state index < -0.39 is 5.82 Å². The fourth-order valence-electron chi connectivity index (χ4n) is 1.56. The molecule has 0 aromatic carbocycles. The molecule has 2 aromatic heterocycles. The van der Waals surface area contributed by atoms with Gasteiger partial charge in [0.05, 0.1) is 11.9 Å². The number of anilines is 1. The number of rotatable bonds is 5. The largest absolute Gasteiger partial charge is 0.323 e. The lowest BCUT2D eigenvalue weighted by atomic mass is 10.3. The first-order valence-electron chi connectivity index (χ1n) is 5.73. The molecule has 0 aliphatic carbocycles. The fraction of sp³-hybridized carbons (Fsp3) is 0.250. The molecule has 0 radical (unpaired) electrons. The molecule has 7 heteroatoms. The molecule has 0 saturated carbocycles. The molecule has 2 aromatic rings. The Morgan fingerprint density at radius 1 is 1.53 bits per heavy atom. The van der Waals surface area contributed by atoms with Crippen molar-refractivity contribution in [3.8, 4) is 0 Å². The topological polar surface area (TPSA) is 59.8 Å².